The number of benzene rings is 2. The molecule has 1 aliphatic rings. The van der Waals surface area contributed by atoms with Crippen LogP contribution >= 0.6 is 11.8 Å². The maximum absolute atomic E-state index is 13.1. The van der Waals surface area contributed by atoms with Gasteiger partial charge in [0, 0.05) is 18.4 Å². The largest absolute Gasteiger partial charge is 0.508 e. The highest BCUT2D eigenvalue weighted by Gasteiger charge is 2.56. The topological polar surface area (TPSA) is 87.0 Å². The molecule has 0 fully saturated rings. The van der Waals surface area contributed by atoms with E-state index in [-0.39, 0.29) is 35.0 Å². The number of thioether (sulfide) groups is 1. The van der Waals surface area contributed by atoms with E-state index in [1.807, 2.05) is 18.2 Å². The number of carboxylic acids is 1. The highest BCUT2D eigenvalue weighted by Crippen LogP contribution is 2.55. The van der Waals surface area contributed by atoms with Crippen molar-refractivity contribution in [3.63, 3.8) is 0 Å². The molecule has 0 saturated heterocycles. The third-order valence-electron chi connectivity index (χ3n) is 8.45. The summed E-state index contributed by atoms with van der Waals surface area (Å²) in [5, 5.41) is 29.2. The van der Waals surface area contributed by atoms with E-state index in [1.165, 1.54) is 0 Å². The van der Waals surface area contributed by atoms with Crippen LogP contribution in [0.4, 0.5) is 22.0 Å². The molecule has 3 N–H and O–H groups in total. The van der Waals surface area contributed by atoms with E-state index in [0.717, 1.165) is 56.1 Å². The highest BCUT2D eigenvalue weighted by atomic mass is 32.2. The van der Waals surface area contributed by atoms with Crippen molar-refractivity contribution in [1.29, 1.82) is 0 Å². The molecule has 5 nitrogen and oxygen atoms in total. The fourth-order valence-corrected chi connectivity index (χ4v) is 7.01. The Labute approximate surface area is 253 Å². The van der Waals surface area contributed by atoms with Gasteiger partial charge in [-0.3, -0.25) is 4.79 Å². The molecule has 0 radical (unpaired) electrons. The smallest absolute Gasteiger partial charge is 0.453 e. The number of hydrogen-bond acceptors (Lipinski definition) is 5. The second-order valence-electron chi connectivity index (χ2n) is 11.4. The summed E-state index contributed by atoms with van der Waals surface area (Å²) in [5.74, 6) is -5.72. The van der Waals surface area contributed by atoms with Crippen LogP contribution in [0.25, 0.3) is 0 Å². The van der Waals surface area contributed by atoms with E-state index in [2.05, 4.69) is 6.26 Å². The van der Waals surface area contributed by atoms with Gasteiger partial charge in [0.05, 0.1) is 10.7 Å². The van der Waals surface area contributed by atoms with Crippen molar-refractivity contribution in [2.75, 3.05) is 12.9 Å². The summed E-state index contributed by atoms with van der Waals surface area (Å²) in [6.07, 6.45) is 1.68. The van der Waals surface area contributed by atoms with Gasteiger partial charge in [-0.15, -0.1) is 11.8 Å². The SMILES string of the molecule is CS[C@]1(c2ccc(O)cc2)COc2cc(O)ccc2[C@H]1CCCCCCCCC[C@@H](CCCC(F)(F)C(F)(F)F)C(=O)O. The third-order valence-corrected chi connectivity index (χ3v) is 9.82. The first-order chi connectivity index (χ1) is 20.3. The first-order valence-electron chi connectivity index (χ1n) is 14.8. The summed E-state index contributed by atoms with van der Waals surface area (Å²) < 4.78 is 68.9. The molecule has 0 unspecified atom stereocenters. The molecule has 11 heteroatoms. The molecule has 0 spiro atoms. The number of carboxylic acid groups (broad SMARTS) is 1. The lowest BCUT2D eigenvalue weighted by Crippen LogP contribution is -2.40. The van der Waals surface area contributed by atoms with Gasteiger partial charge >= 0.3 is 18.1 Å². The highest BCUT2D eigenvalue weighted by molar-refractivity contribution is 7.99. The van der Waals surface area contributed by atoms with Crippen LogP contribution in [0, 0.1) is 5.92 Å². The second kappa shape index (κ2) is 15.3. The van der Waals surface area contributed by atoms with Gasteiger partial charge in [0.15, 0.2) is 0 Å². The maximum Gasteiger partial charge on any atom is 0.453 e. The van der Waals surface area contributed by atoms with Gasteiger partial charge < -0.3 is 20.1 Å². The molecule has 0 aromatic heterocycles. The summed E-state index contributed by atoms with van der Waals surface area (Å²) >= 11 is 1.72. The van der Waals surface area contributed by atoms with E-state index >= 15 is 0 Å². The van der Waals surface area contributed by atoms with E-state index in [9.17, 15) is 42.1 Å². The van der Waals surface area contributed by atoms with Crippen molar-refractivity contribution in [3.05, 3.63) is 53.6 Å². The van der Waals surface area contributed by atoms with Crippen LogP contribution in [0.15, 0.2) is 42.5 Å². The molecule has 0 aliphatic carbocycles. The number of phenolic OH excluding ortho intramolecular Hbond substituents is 2. The standard InChI is InChI=1S/C32H41F5O5S/c1-43-30(23-13-15-24(38)16-14-23)21-42-28-20-25(39)17-18-26(28)27(30)12-8-6-4-2-3-5-7-10-22(29(40)41)11-9-19-31(33,34)32(35,36)37/h13-18,20,22,27,38-39H,2-12,19,21H2,1H3,(H,40,41)/t22-,27+,30-/m0/s1. The Kier molecular flexibility index (Phi) is 12.4. The van der Waals surface area contributed by atoms with E-state index in [1.54, 1.807) is 36.0 Å². The molecule has 3 rings (SSSR count). The second-order valence-corrected chi connectivity index (χ2v) is 12.5. The van der Waals surface area contributed by atoms with E-state index in [4.69, 9.17) is 4.74 Å². The fourth-order valence-electron chi connectivity index (χ4n) is 5.94. The molecule has 1 heterocycles. The average molecular weight is 633 g/mol. The maximum atomic E-state index is 13.1. The molecule has 1 aliphatic heterocycles. The first kappa shape index (κ1) is 34.8. The van der Waals surface area contributed by atoms with Crippen LogP contribution < -0.4 is 4.74 Å². The lowest BCUT2D eigenvalue weighted by Gasteiger charge is -2.44. The van der Waals surface area contributed by atoms with Crippen LogP contribution in [-0.4, -0.2) is 46.3 Å². The Bertz CT molecular complexity index is 1170. The number of ether oxygens (including phenoxy) is 1. The number of hydrogen-bond donors (Lipinski definition) is 3. The first-order valence-corrected chi connectivity index (χ1v) is 16.0. The summed E-state index contributed by atoms with van der Waals surface area (Å²) in [4.78, 5) is 11.4. The Balaban J connectivity index is 1.44. The van der Waals surface area contributed by atoms with Crippen molar-refractivity contribution in [2.45, 2.75) is 99.8 Å². The molecule has 0 bridgehead atoms. The quantitative estimate of drug-likeness (QED) is 0.119. The number of halogens is 5. The number of carbonyl (C=O) groups is 1. The third kappa shape index (κ3) is 9.16. The minimum atomic E-state index is -5.62. The Morgan fingerprint density at radius 3 is 2.09 bits per heavy atom. The van der Waals surface area contributed by atoms with Crippen LogP contribution in [0.1, 0.15) is 94.1 Å². The predicted octanol–water partition coefficient (Wildman–Crippen LogP) is 9.41. The lowest BCUT2D eigenvalue weighted by atomic mass is 9.76. The minimum absolute atomic E-state index is 0.125. The van der Waals surface area contributed by atoms with Gasteiger partial charge in [-0.1, -0.05) is 63.1 Å². The van der Waals surface area contributed by atoms with E-state index in [0.29, 0.717) is 18.8 Å². The van der Waals surface area contributed by atoms with Gasteiger partial charge in [-0.2, -0.15) is 22.0 Å². The Morgan fingerprint density at radius 2 is 1.49 bits per heavy atom. The molecule has 240 valence electrons. The number of phenols is 2. The van der Waals surface area contributed by atoms with Crippen LogP contribution in [-0.2, 0) is 9.54 Å². The minimum Gasteiger partial charge on any atom is -0.508 e. The van der Waals surface area contributed by atoms with Crippen LogP contribution in [0.2, 0.25) is 0 Å². The number of fused-ring (bicyclic) bond motifs is 1. The molecule has 2 aromatic rings. The van der Waals surface area contributed by atoms with Gasteiger partial charge in [0.2, 0.25) is 0 Å². The summed E-state index contributed by atoms with van der Waals surface area (Å²) in [7, 11) is 0. The number of unbranched alkanes of at least 4 members (excludes halogenated alkanes) is 6. The molecule has 0 saturated carbocycles. The van der Waals surface area contributed by atoms with Crippen molar-refractivity contribution in [2.24, 2.45) is 5.92 Å². The molecule has 43 heavy (non-hydrogen) atoms. The summed E-state index contributed by atoms with van der Waals surface area (Å²) in [6, 6.07) is 12.5. The van der Waals surface area contributed by atoms with Gasteiger partial charge in [0.1, 0.15) is 23.9 Å². The fraction of sp³-hybridized carbons (Fsp3) is 0.594. The van der Waals surface area contributed by atoms with Crippen molar-refractivity contribution < 1.29 is 46.8 Å². The summed E-state index contributed by atoms with van der Waals surface area (Å²) in [6.45, 7) is 0.433. The molecular formula is C32H41F5O5S. The van der Waals surface area contributed by atoms with Crippen LogP contribution in [0.3, 0.4) is 0 Å². The van der Waals surface area contributed by atoms with Crippen LogP contribution in [0.5, 0.6) is 17.2 Å². The zero-order valence-electron chi connectivity index (χ0n) is 24.3. The Hall–Kier alpha value is -2.69. The number of rotatable bonds is 17. The van der Waals surface area contributed by atoms with Gasteiger partial charge in [-0.05, 0) is 61.3 Å². The van der Waals surface area contributed by atoms with Crippen molar-refractivity contribution in [1.82, 2.24) is 0 Å². The summed E-state index contributed by atoms with van der Waals surface area (Å²) in [5.41, 5.74) is 2.11. The van der Waals surface area contributed by atoms with Crippen molar-refractivity contribution in [3.8, 4) is 17.2 Å². The van der Waals surface area contributed by atoms with E-state index < -0.39 is 36.8 Å². The molecule has 3 atom stereocenters. The normalized spacial score (nSPS) is 19.4. The molecule has 0 amide bonds. The lowest BCUT2D eigenvalue weighted by molar-refractivity contribution is -0.284. The zero-order chi connectivity index (χ0) is 31.7. The zero-order valence-corrected chi connectivity index (χ0v) is 25.2. The Morgan fingerprint density at radius 1 is 0.907 bits per heavy atom. The molecule has 2 aromatic carbocycles. The molecular weight excluding hydrogens is 591 g/mol. The van der Waals surface area contributed by atoms with Gasteiger partial charge in [0.25, 0.3) is 0 Å². The van der Waals surface area contributed by atoms with Gasteiger partial charge in [-0.25, -0.2) is 0 Å². The number of aliphatic carboxylic acids is 1. The number of alkyl halides is 5. The van der Waals surface area contributed by atoms with Crippen molar-refractivity contribution >= 4 is 17.7 Å². The number of aromatic hydroxyl groups is 2. The monoisotopic (exact) mass is 632 g/mol. The predicted molar refractivity (Wildman–Crippen MR) is 157 cm³/mol. The average Bonchev–Trinajstić information content (AvgIpc) is 2.94.